The van der Waals surface area contributed by atoms with E-state index in [4.69, 9.17) is 0 Å². The van der Waals surface area contributed by atoms with Crippen LogP contribution in [0.1, 0.15) is 11.1 Å². The molecule has 0 aliphatic heterocycles. The number of rotatable bonds is 1. The standard InChI is InChI=1S/C9H13P.BrH/c1-7-4-8(2)6-9(5-7)10-3;/h4-6,10H,1-3H3;1H. The molecule has 1 aromatic carbocycles. The summed E-state index contributed by atoms with van der Waals surface area (Å²) in [6.45, 7) is 6.52. The van der Waals surface area contributed by atoms with Crippen LogP contribution in [0.15, 0.2) is 18.2 Å². The van der Waals surface area contributed by atoms with E-state index in [9.17, 15) is 0 Å². The van der Waals surface area contributed by atoms with Gasteiger partial charge in [-0.15, -0.1) is 17.0 Å². The van der Waals surface area contributed by atoms with Gasteiger partial charge < -0.3 is 0 Å². The fraction of sp³-hybridized carbons (Fsp3) is 0.333. The van der Waals surface area contributed by atoms with Crippen molar-refractivity contribution in [1.29, 1.82) is 0 Å². The fourth-order valence-corrected chi connectivity index (χ4v) is 1.86. The van der Waals surface area contributed by atoms with Gasteiger partial charge in [-0.05, 0) is 25.8 Å². The van der Waals surface area contributed by atoms with Crippen LogP contribution < -0.4 is 5.30 Å². The van der Waals surface area contributed by atoms with Gasteiger partial charge in [0.15, 0.2) is 0 Å². The first-order chi connectivity index (χ1) is 4.72. The van der Waals surface area contributed by atoms with E-state index in [1.807, 2.05) is 0 Å². The minimum absolute atomic E-state index is 0. The molecule has 62 valence electrons. The predicted molar refractivity (Wildman–Crippen MR) is 60.1 cm³/mol. The van der Waals surface area contributed by atoms with Crippen LogP contribution >= 0.6 is 25.6 Å². The highest BCUT2D eigenvalue weighted by Gasteiger charge is 1.91. The van der Waals surface area contributed by atoms with Gasteiger partial charge in [0.2, 0.25) is 0 Å². The van der Waals surface area contributed by atoms with Gasteiger partial charge in [-0.3, -0.25) is 0 Å². The third-order valence-electron chi connectivity index (χ3n) is 1.51. The molecule has 0 bridgehead atoms. The van der Waals surface area contributed by atoms with Crippen LogP contribution in [-0.4, -0.2) is 6.66 Å². The second kappa shape index (κ2) is 4.90. The summed E-state index contributed by atoms with van der Waals surface area (Å²) < 4.78 is 0. The molecule has 0 aliphatic rings. The normalized spacial score (nSPS) is 10.1. The lowest BCUT2D eigenvalue weighted by molar-refractivity contribution is 1.41. The largest absolute Gasteiger partial charge is 0.114 e. The molecule has 11 heavy (non-hydrogen) atoms. The van der Waals surface area contributed by atoms with Crippen LogP contribution in [0.4, 0.5) is 0 Å². The quantitative estimate of drug-likeness (QED) is 0.654. The van der Waals surface area contributed by atoms with Crippen LogP contribution in [-0.2, 0) is 0 Å². The molecule has 0 N–H and O–H groups in total. The van der Waals surface area contributed by atoms with E-state index in [1.165, 1.54) is 16.4 Å². The van der Waals surface area contributed by atoms with Gasteiger partial charge >= 0.3 is 0 Å². The molecule has 0 amide bonds. The summed E-state index contributed by atoms with van der Waals surface area (Å²) in [6.07, 6.45) is 0. The van der Waals surface area contributed by atoms with Gasteiger partial charge in [0.1, 0.15) is 0 Å². The molecule has 1 aromatic rings. The molecule has 1 unspecified atom stereocenters. The van der Waals surface area contributed by atoms with Crippen LogP contribution in [0.2, 0.25) is 0 Å². The number of benzene rings is 1. The summed E-state index contributed by atoms with van der Waals surface area (Å²) in [4.78, 5) is 0. The van der Waals surface area contributed by atoms with Crippen LogP contribution in [0.3, 0.4) is 0 Å². The molecule has 1 atom stereocenters. The third-order valence-corrected chi connectivity index (χ3v) is 2.38. The van der Waals surface area contributed by atoms with Gasteiger partial charge in [0.05, 0.1) is 0 Å². The summed E-state index contributed by atoms with van der Waals surface area (Å²) in [7, 11) is 0.923. The van der Waals surface area contributed by atoms with E-state index < -0.39 is 0 Å². The van der Waals surface area contributed by atoms with Gasteiger partial charge in [-0.1, -0.05) is 37.9 Å². The van der Waals surface area contributed by atoms with Crippen LogP contribution in [0, 0.1) is 13.8 Å². The zero-order valence-corrected chi connectivity index (χ0v) is 9.85. The minimum atomic E-state index is 0. The van der Waals surface area contributed by atoms with Crippen molar-refractivity contribution in [3.8, 4) is 0 Å². The molecule has 0 spiro atoms. The Bertz CT molecular complexity index is 213. The Morgan fingerprint density at radius 1 is 1.00 bits per heavy atom. The first-order valence-electron chi connectivity index (χ1n) is 3.48. The minimum Gasteiger partial charge on any atom is -0.114 e. The van der Waals surface area contributed by atoms with Gasteiger partial charge in [-0.25, -0.2) is 0 Å². The number of aryl methyl sites for hydroxylation is 2. The van der Waals surface area contributed by atoms with Crippen molar-refractivity contribution in [3.63, 3.8) is 0 Å². The lowest BCUT2D eigenvalue weighted by Crippen LogP contribution is -1.94. The summed E-state index contributed by atoms with van der Waals surface area (Å²) in [5.74, 6) is 0. The Labute approximate surface area is 81.0 Å². The van der Waals surface area contributed by atoms with E-state index in [0.29, 0.717) is 0 Å². The Hall–Kier alpha value is 0.130. The lowest BCUT2D eigenvalue weighted by atomic mass is 10.2. The summed E-state index contributed by atoms with van der Waals surface area (Å²) in [5.41, 5.74) is 2.76. The first-order valence-corrected chi connectivity index (χ1v) is 4.98. The van der Waals surface area contributed by atoms with Crippen molar-refractivity contribution in [2.24, 2.45) is 0 Å². The second-order valence-electron chi connectivity index (χ2n) is 2.63. The fourth-order valence-electron chi connectivity index (χ4n) is 1.12. The average molecular weight is 233 g/mol. The highest BCUT2D eigenvalue weighted by Crippen LogP contribution is 2.08. The third kappa shape index (κ3) is 3.35. The Morgan fingerprint density at radius 3 is 1.82 bits per heavy atom. The van der Waals surface area contributed by atoms with Gasteiger partial charge in [0.25, 0.3) is 0 Å². The molecule has 0 radical (unpaired) electrons. The van der Waals surface area contributed by atoms with Crippen molar-refractivity contribution in [1.82, 2.24) is 0 Å². The molecule has 2 heteroatoms. The summed E-state index contributed by atoms with van der Waals surface area (Å²) in [5, 5.41) is 1.47. The highest BCUT2D eigenvalue weighted by atomic mass is 79.9. The molecule has 0 saturated heterocycles. The van der Waals surface area contributed by atoms with Crippen LogP contribution in [0.25, 0.3) is 0 Å². The van der Waals surface area contributed by atoms with E-state index in [2.05, 4.69) is 38.7 Å². The van der Waals surface area contributed by atoms with Gasteiger partial charge in [0, 0.05) is 0 Å². The monoisotopic (exact) mass is 232 g/mol. The lowest BCUT2D eigenvalue weighted by Gasteiger charge is -2.00. The maximum absolute atomic E-state index is 2.26. The number of halogens is 1. The Morgan fingerprint density at radius 2 is 1.45 bits per heavy atom. The summed E-state index contributed by atoms with van der Waals surface area (Å²) >= 11 is 0. The molecule has 0 aliphatic carbocycles. The van der Waals surface area contributed by atoms with Gasteiger partial charge in [-0.2, -0.15) is 0 Å². The smallest absolute Gasteiger partial charge is 0.0269 e. The maximum Gasteiger partial charge on any atom is -0.0269 e. The molecule has 0 saturated carbocycles. The topological polar surface area (TPSA) is 0 Å². The Kier molecular flexibility index (Phi) is 4.96. The molecular weight excluding hydrogens is 219 g/mol. The van der Waals surface area contributed by atoms with Crippen molar-refractivity contribution in [2.45, 2.75) is 13.8 Å². The van der Waals surface area contributed by atoms with Crippen molar-refractivity contribution in [2.75, 3.05) is 6.66 Å². The number of hydrogen-bond donors (Lipinski definition) is 0. The van der Waals surface area contributed by atoms with Crippen molar-refractivity contribution in [3.05, 3.63) is 29.3 Å². The zero-order valence-electron chi connectivity index (χ0n) is 7.14. The van der Waals surface area contributed by atoms with E-state index in [1.54, 1.807) is 0 Å². The molecule has 0 aromatic heterocycles. The van der Waals surface area contributed by atoms with E-state index in [-0.39, 0.29) is 17.0 Å². The Balaban J connectivity index is 0.000001000. The number of hydrogen-bond acceptors (Lipinski definition) is 0. The SMILES string of the molecule is Br.CPc1cc(C)cc(C)c1. The van der Waals surface area contributed by atoms with E-state index in [0.717, 1.165) is 8.58 Å². The zero-order chi connectivity index (χ0) is 7.56. The van der Waals surface area contributed by atoms with Crippen molar-refractivity contribution >= 4 is 30.9 Å². The first kappa shape index (κ1) is 11.1. The molecule has 0 fully saturated rings. The summed E-state index contributed by atoms with van der Waals surface area (Å²) in [6, 6.07) is 6.72. The maximum atomic E-state index is 2.26. The highest BCUT2D eigenvalue weighted by molar-refractivity contribution is 8.93. The van der Waals surface area contributed by atoms with E-state index >= 15 is 0 Å². The second-order valence-corrected chi connectivity index (χ2v) is 3.70. The average Bonchev–Trinajstić information content (AvgIpc) is 1.85. The molecule has 0 heterocycles. The van der Waals surface area contributed by atoms with Crippen molar-refractivity contribution < 1.29 is 0 Å². The van der Waals surface area contributed by atoms with Crippen LogP contribution in [0.5, 0.6) is 0 Å². The molecule has 0 nitrogen and oxygen atoms in total. The predicted octanol–water partition coefficient (Wildman–Crippen LogP) is 2.81. The molecule has 1 rings (SSSR count). The molecular formula is C9H14BrP.